The normalized spacial score (nSPS) is 34.2. The van der Waals surface area contributed by atoms with Crippen molar-refractivity contribution in [2.75, 3.05) is 32.7 Å². The van der Waals surface area contributed by atoms with Gasteiger partial charge in [0.1, 0.15) is 0 Å². The molecular weight excluding hydrogens is 222 g/mol. The third kappa shape index (κ3) is 2.33. The molecule has 2 heterocycles. The van der Waals surface area contributed by atoms with E-state index in [9.17, 15) is 0 Å². The fourth-order valence-corrected chi connectivity index (χ4v) is 4.44. The molecule has 2 saturated heterocycles. The van der Waals surface area contributed by atoms with E-state index in [4.69, 9.17) is 5.73 Å². The second-order valence-corrected chi connectivity index (χ2v) is 6.62. The first-order valence-corrected chi connectivity index (χ1v) is 8.03. The van der Waals surface area contributed by atoms with Crippen LogP contribution in [0.25, 0.3) is 0 Å². The fraction of sp³-hybridized carbons (Fsp3) is 1.00. The molecule has 0 aromatic heterocycles. The summed E-state index contributed by atoms with van der Waals surface area (Å²) in [5.74, 6) is 0. The summed E-state index contributed by atoms with van der Waals surface area (Å²) in [4.78, 5) is 5.50. The lowest BCUT2D eigenvalue weighted by Crippen LogP contribution is -2.52. The summed E-state index contributed by atoms with van der Waals surface area (Å²) < 4.78 is 0. The van der Waals surface area contributed by atoms with Crippen LogP contribution in [0, 0.1) is 0 Å². The van der Waals surface area contributed by atoms with Gasteiger partial charge in [0.15, 0.2) is 0 Å². The minimum Gasteiger partial charge on any atom is -0.329 e. The number of nitrogens with zero attached hydrogens (tertiary/aromatic N) is 2. The largest absolute Gasteiger partial charge is 0.329 e. The van der Waals surface area contributed by atoms with Crippen LogP contribution >= 0.6 is 0 Å². The molecule has 18 heavy (non-hydrogen) atoms. The van der Waals surface area contributed by atoms with E-state index < -0.39 is 0 Å². The third-order valence-electron chi connectivity index (χ3n) is 5.66. The van der Waals surface area contributed by atoms with Crippen LogP contribution in [0.4, 0.5) is 0 Å². The van der Waals surface area contributed by atoms with Crippen LogP contribution < -0.4 is 5.73 Å². The van der Waals surface area contributed by atoms with Gasteiger partial charge in [0.2, 0.25) is 0 Å². The molecule has 2 aliphatic heterocycles. The molecule has 1 atom stereocenters. The summed E-state index contributed by atoms with van der Waals surface area (Å²) in [6, 6.07) is 0.828. The van der Waals surface area contributed by atoms with Crippen molar-refractivity contribution in [1.82, 2.24) is 9.80 Å². The minimum atomic E-state index is 0.380. The SMILES string of the molecule is NCC1(N2CCC(N3CCCCC3)C2)CCCC1. The van der Waals surface area contributed by atoms with E-state index in [1.54, 1.807) is 0 Å². The average molecular weight is 251 g/mol. The lowest BCUT2D eigenvalue weighted by atomic mass is 9.96. The maximum absolute atomic E-state index is 6.12. The summed E-state index contributed by atoms with van der Waals surface area (Å²) in [7, 11) is 0. The molecule has 3 aliphatic rings. The maximum Gasteiger partial charge on any atom is 0.0332 e. The smallest absolute Gasteiger partial charge is 0.0332 e. The fourth-order valence-electron chi connectivity index (χ4n) is 4.44. The second-order valence-electron chi connectivity index (χ2n) is 6.62. The Morgan fingerprint density at radius 3 is 2.33 bits per heavy atom. The molecule has 3 nitrogen and oxygen atoms in total. The van der Waals surface area contributed by atoms with Crippen molar-refractivity contribution in [1.29, 1.82) is 0 Å². The Hall–Kier alpha value is -0.120. The number of nitrogens with two attached hydrogens (primary N) is 1. The average Bonchev–Trinajstić information content (AvgIpc) is 3.09. The summed E-state index contributed by atoms with van der Waals surface area (Å²) >= 11 is 0. The monoisotopic (exact) mass is 251 g/mol. The third-order valence-corrected chi connectivity index (χ3v) is 5.66. The Bertz CT molecular complexity index is 267. The van der Waals surface area contributed by atoms with Gasteiger partial charge in [0, 0.05) is 31.2 Å². The van der Waals surface area contributed by atoms with E-state index >= 15 is 0 Å². The lowest BCUT2D eigenvalue weighted by molar-refractivity contribution is 0.105. The molecule has 2 N–H and O–H groups in total. The standard InChI is InChI=1S/C15H29N3/c16-13-15(7-2-3-8-15)18-11-6-14(12-18)17-9-4-1-5-10-17/h14H,1-13,16H2. The second kappa shape index (κ2) is 5.48. The van der Waals surface area contributed by atoms with Crippen molar-refractivity contribution in [3.8, 4) is 0 Å². The predicted octanol–water partition coefficient (Wildman–Crippen LogP) is 1.82. The Balaban J connectivity index is 1.60. The van der Waals surface area contributed by atoms with Gasteiger partial charge in [0.05, 0.1) is 0 Å². The van der Waals surface area contributed by atoms with Crippen LogP contribution in [0.15, 0.2) is 0 Å². The highest BCUT2D eigenvalue weighted by atomic mass is 15.3. The molecule has 0 amide bonds. The van der Waals surface area contributed by atoms with Crippen molar-refractivity contribution >= 4 is 0 Å². The Labute approximate surface area is 112 Å². The number of hydrogen-bond acceptors (Lipinski definition) is 3. The van der Waals surface area contributed by atoms with Crippen LogP contribution in [-0.4, -0.2) is 54.1 Å². The predicted molar refractivity (Wildman–Crippen MR) is 75.7 cm³/mol. The van der Waals surface area contributed by atoms with Crippen LogP contribution in [0.2, 0.25) is 0 Å². The zero-order valence-electron chi connectivity index (χ0n) is 11.7. The molecule has 0 aromatic carbocycles. The van der Waals surface area contributed by atoms with Gasteiger partial charge < -0.3 is 5.73 Å². The first kappa shape index (κ1) is 12.9. The molecular formula is C15H29N3. The quantitative estimate of drug-likeness (QED) is 0.830. The molecule has 3 rings (SSSR count). The molecule has 3 heteroatoms. The lowest BCUT2D eigenvalue weighted by Gasteiger charge is -2.39. The molecule has 0 aromatic rings. The van der Waals surface area contributed by atoms with Gasteiger partial charge >= 0.3 is 0 Å². The van der Waals surface area contributed by atoms with Crippen molar-refractivity contribution in [3.05, 3.63) is 0 Å². The molecule has 0 spiro atoms. The van der Waals surface area contributed by atoms with Gasteiger partial charge in [-0.25, -0.2) is 0 Å². The topological polar surface area (TPSA) is 32.5 Å². The van der Waals surface area contributed by atoms with Crippen molar-refractivity contribution in [2.24, 2.45) is 5.73 Å². The van der Waals surface area contributed by atoms with Crippen LogP contribution in [0.1, 0.15) is 51.4 Å². The van der Waals surface area contributed by atoms with Gasteiger partial charge in [-0.05, 0) is 45.2 Å². The first-order valence-electron chi connectivity index (χ1n) is 8.03. The Morgan fingerprint density at radius 1 is 0.944 bits per heavy atom. The van der Waals surface area contributed by atoms with E-state index in [1.807, 2.05) is 0 Å². The highest BCUT2D eigenvalue weighted by Crippen LogP contribution is 2.37. The maximum atomic E-state index is 6.12. The number of rotatable bonds is 3. The van der Waals surface area contributed by atoms with Gasteiger partial charge in [-0.15, -0.1) is 0 Å². The van der Waals surface area contributed by atoms with Crippen molar-refractivity contribution < 1.29 is 0 Å². The van der Waals surface area contributed by atoms with Gasteiger partial charge in [-0.2, -0.15) is 0 Å². The molecule has 1 unspecified atom stereocenters. The molecule has 104 valence electrons. The highest BCUT2D eigenvalue weighted by Gasteiger charge is 2.42. The van der Waals surface area contributed by atoms with Gasteiger partial charge in [0.25, 0.3) is 0 Å². The van der Waals surface area contributed by atoms with Crippen molar-refractivity contribution in [2.45, 2.75) is 62.9 Å². The Kier molecular flexibility index (Phi) is 3.92. The zero-order valence-corrected chi connectivity index (χ0v) is 11.7. The van der Waals surface area contributed by atoms with Gasteiger partial charge in [-0.1, -0.05) is 19.3 Å². The highest BCUT2D eigenvalue weighted by molar-refractivity contribution is 5.00. The number of piperidine rings is 1. The van der Waals surface area contributed by atoms with E-state index in [2.05, 4.69) is 9.80 Å². The van der Waals surface area contributed by atoms with Crippen molar-refractivity contribution in [3.63, 3.8) is 0 Å². The molecule has 1 saturated carbocycles. The summed E-state index contributed by atoms with van der Waals surface area (Å²) in [6.45, 7) is 6.14. The van der Waals surface area contributed by atoms with Crippen LogP contribution in [0.3, 0.4) is 0 Å². The summed E-state index contributed by atoms with van der Waals surface area (Å²) in [5.41, 5.74) is 6.50. The van der Waals surface area contributed by atoms with Crippen LogP contribution in [-0.2, 0) is 0 Å². The summed E-state index contributed by atoms with van der Waals surface area (Å²) in [5, 5.41) is 0. The molecule has 0 radical (unpaired) electrons. The van der Waals surface area contributed by atoms with Gasteiger partial charge in [-0.3, -0.25) is 9.80 Å². The Morgan fingerprint density at radius 2 is 1.67 bits per heavy atom. The van der Waals surface area contributed by atoms with E-state index in [-0.39, 0.29) is 0 Å². The summed E-state index contributed by atoms with van der Waals surface area (Å²) in [6.07, 6.45) is 11.1. The number of hydrogen-bond donors (Lipinski definition) is 1. The minimum absolute atomic E-state index is 0.380. The van der Waals surface area contributed by atoms with E-state index in [0.717, 1.165) is 12.6 Å². The molecule has 3 fully saturated rings. The first-order chi connectivity index (χ1) is 8.84. The molecule has 0 bridgehead atoms. The van der Waals surface area contributed by atoms with E-state index in [0.29, 0.717) is 5.54 Å². The van der Waals surface area contributed by atoms with E-state index in [1.165, 1.54) is 77.5 Å². The number of likely N-dealkylation sites (tertiary alicyclic amines) is 2. The van der Waals surface area contributed by atoms with Crippen LogP contribution in [0.5, 0.6) is 0 Å². The molecule has 1 aliphatic carbocycles. The zero-order chi connectivity index (χ0) is 12.4.